The molecule has 0 radical (unpaired) electrons. The second-order valence-electron chi connectivity index (χ2n) is 7.17. The summed E-state index contributed by atoms with van der Waals surface area (Å²) in [6.45, 7) is 3.43. The predicted molar refractivity (Wildman–Crippen MR) is 96.9 cm³/mol. The Morgan fingerprint density at radius 3 is 2.60 bits per heavy atom. The van der Waals surface area contributed by atoms with E-state index in [-0.39, 0.29) is 11.9 Å². The van der Waals surface area contributed by atoms with Crippen molar-refractivity contribution >= 4 is 5.91 Å². The number of fused-ring (bicyclic) bond motifs is 1. The van der Waals surface area contributed by atoms with Gasteiger partial charge in [0.15, 0.2) is 0 Å². The van der Waals surface area contributed by atoms with Crippen molar-refractivity contribution in [1.29, 1.82) is 0 Å². The van der Waals surface area contributed by atoms with Gasteiger partial charge in [-0.05, 0) is 24.8 Å². The molecule has 1 fully saturated rings. The molecule has 3 heterocycles. The van der Waals surface area contributed by atoms with Crippen LogP contribution in [0.3, 0.4) is 0 Å². The number of likely N-dealkylation sites (tertiary alicyclic amines) is 1. The molecule has 1 aromatic carbocycles. The molecule has 0 aliphatic carbocycles. The summed E-state index contributed by atoms with van der Waals surface area (Å²) < 4.78 is 2.11. The Morgan fingerprint density at radius 1 is 1.08 bits per heavy atom. The van der Waals surface area contributed by atoms with Gasteiger partial charge >= 0.3 is 0 Å². The fourth-order valence-corrected chi connectivity index (χ4v) is 4.13. The number of carbonyl (C=O) groups is 1. The zero-order chi connectivity index (χ0) is 17.2. The zero-order valence-corrected chi connectivity index (χ0v) is 14.9. The number of aryl methyl sites for hydroxylation is 1. The van der Waals surface area contributed by atoms with Gasteiger partial charge in [-0.1, -0.05) is 30.3 Å². The lowest BCUT2D eigenvalue weighted by Crippen LogP contribution is -2.46. The molecule has 1 amide bonds. The van der Waals surface area contributed by atoms with Crippen molar-refractivity contribution in [2.75, 3.05) is 19.6 Å². The molecule has 1 unspecified atom stereocenters. The van der Waals surface area contributed by atoms with E-state index >= 15 is 0 Å². The van der Waals surface area contributed by atoms with E-state index in [0.29, 0.717) is 0 Å². The first-order valence-electron chi connectivity index (χ1n) is 9.31. The molecule has 132 valence electrons. The topological polar surface area (TPSA) is 41.4 Å². The first-order chi connectivity index (χ1) is 12.2. The number of imidazole rings is 1. The van der Waals surface area contributed by atoms with Crippen LogP contribution in [0.4, 0.5) is 0 Å². The molecule has 0 N–H and O–H groups in total. The van der Waals surface area contributed by atoms with E-state index in [2.05, 4.69) is 38.5 Å². The molecule has 25 heavy (non-hydrogen) atoms. The lowest BCUT2D eigenvalue weighted by molar-refractivity contribution is -0.138. The summed E-state index contributed by atoms with van der Waals surface area (Å²) in [6, 6.07) is 10.0. The third-order valence-electron chi connectivity index (χ3n) is 5.52. The molecule has 2 aliphatic heterocycles. The molecule has 0 spiro atoms. The molecular weight excluding hydrogens is 312 g/mol. The highest BCUT2D eigenvalue weighted by Gasteiger charge is 2.34. The largest absolute Gasteiger partial charge is 0.341 e. The van der Waals surface area contributed by atoms with Crippen molar-refractivity contribution in [3.05, 3.63) is 53.6 Å². The number of piperidine rings is 1. The highest BCUT2D eigenvalue weighted by atomic mass is 16.2. The average molecular weight is 338 g/mol. The quantitative estimate of drug-likeness (QED) is 0.864. The van der Waals surface area contributed by atoms with Crippen LogP contribution in [0.2, 0.25) is 0 Å². The molecule has 1 saturated heterocycles. The number of amides is 1. The second-order valence-corrected chi connectivity index (χ2v) is 7.17. The van der Waals surface area contributed by atoms with Gasteiger partial charge in [-0.25, -0.2) is 4.98 Å². The van der Waals surface area contributed by atoms with Gasteiger partial charge in [0, 0.05) is 45.3 Å². The molecule has 1 aromatic heterocycles. The molecular formula is C20H26N4O. The molecule has 5 nitrogen and oxygen atoms in total. The standard InChI is InChI=1S/C20H26N4O/c1-22-15-21-17-14-24(13-10-18(17)22)19(16-8-4-2-5-9-16)20(25)23-11-6-3-7-12-23/h2,4-5,8-9,15,19H,3,6-7,10-14H2,1H3. The Bertz CT molecular complexity index is 733. The van der Waals surface area contributed by atoms with E-state index in [4.69, 9.17) is 0 Å². The number of carbonyl (C=O) groups excluding carboxylic acids is 1. The fourth-order valence-electron chi connectivity index (χ4n) is 4.13. The van der Waals surface area contributed by atoms with Gasteiger partial charge in [0.05, 0.1) is 12.0 Å². The second kappa shape index (κ2) is 7.00. The van der Waals surface area contributed by atoms with Crippen molar-refractivity contribution in [2.45, 2.75) is 38.3 Å². The number of hydrogen-bond donors (Lipinski definition) is 0. The fraction of sp³-hybridized carbons (Fsp3) is 0.500. The van der Waals surface area contributed by atoms with Gasteiger partial charge in [-0.15, -0.1) is 0 Å². The van der Waals surface area contributed by atoms with Crippen LogP contribution < -0.4 is 0 Å². The molecule has 2 aliphatic rings. The molecule has 5 heteroatoms. The summed E-state index contributed by atoms with van der Waals surface area (Å²) in [7, 11) is 2.05. The summed E-state index contributed by atoms with van der Waals surface area (Å²) in [4.78, 5) is 22.3. The van der Waals surface area contributed by atoms with Crippen LogP contribution >= 0.6 is 0 Å². The first kappa shape index (κ1) is 16.3. The lowest BCUT2D eigenvalue weighted by atomic mass is 9.99. The Kier molecular flexibility index (Phi) is 4.57. The molecule has 0 saturated carbocycles. The molecule has 2 aromatic rings. The van der Waals surface area contributed by atoms with Crippen LogP contribution in [-0.2, 0) is 24.8 Å². The van der Waals surface area contributed by atoms with Crippen LogP contribution in [0.25, 0.3) is 0 Å². The summed E-state index contributed by atoms with van der Waals surface area (Å²) in [6.07, 6.45) is 6.32. The minimum absolute atomic E-state index is 0.200. The van der Waals surface area contributed by atoms with Crippen molar-refractivity contribution in [3.8, 4) is 0 Å². The van der Waals surface area contributed by atoms with E-state index in [9.17, 15) is 4.79 Å². The van der Waals surface area contributed by atoms with Crippen molar-refractivity contribution in [2.24, 2.45) is 7.05 Å². The van der Waals surface area contributed by atoms with Gasteiger partial charge in [-0.3, -0.25) is 9.69 Å². The van der Waals surface area contributed by atoms with Crippen molar-refractivity contribution in [1.82, 2.24) is 19.4 Å². The van der Waals surface area contributed by atoms with E-state index in [1.807, 2.05) is 24.5 Å². The maximum Gasteiger partial charge on any atom is 0.244 e. The van der Waals surface area contributed by atoms with Crippen LogP contribution in [0.15, 0.2) is 36.7 Å². The van der Waals surface area contributed by atoms with E-state index < -0.39 is 0 Å². The minimum Gasteiger partial charge on any atom is -0.341 e. The monoisotopic (exact) mass is 338 g/mol. The maximum atomic E-state index is 13.4. The summed E-state index contributed by atoms with van der Waals surface area (Å²) >= 11 is 0. The van der Waals surface area contributed by atoms with Gasteiger partial charge < -0.3 is 9.47 Å². The van der Waals surface area contributed by atoms with Crippen molar-refractivity contribution in [3.63, 3.8) is 0 Å². The van der Waals surface area contributed by atoms with Crippen molar-refractivity contribution < 1.29 is 4.79 Å². The summed E-state index contributed by atoms with van der Waals surface area (Å²) in [5, 5.41) is 0. The summed E-state index contributed by atoms with van der Waals surface area (Å²) in [5.41, 5.74) is 3.51. The van der Waals surface area contributed by atoms with Crippen LogP contribution in [0, 0.1) is 0 Å². The number of rotatable bonds is 3. The Morgan fingerprint density at radius 2 is 1.84 bits per heavy atom. The van der Waals surface area contributed by atoms with Crippen LogP contribution in [-0.4, -0.2) is 44.9 Å². The van der Waals surface area contributed by atoms with E-state index in [1.165, 1.54) is 12.1 Å². The number of aromatic nitrogens is 2. The lowest BCUT2D eigenvalue weighted by Gasteiger charge is -2.38. The molecule has 1 atom stereocenters. The van der Waals surface area contributed by atoms with E-state index in [0.717, 1.165) is 56.7 Å². The first-order valence-corrected chi connectivity index (χ1v) is 9.31. The highest BCUT2D eigenvalue weighted by Crippen LogP contribution is 2.29. The zero-order valence-electron chi connectivity index (χ0n) is 14.9. The average Bonchev–Trinajstić information content (AvgIpc) is 3.04. The summed E-state index contributed by atoms with van der Waals surface area (Å²) in [5.74, 6) is 0.255. The third kappa shape index (κ3) is 3.21. The van der Waals surface area contributed by atoms with Gasteiger partial charge in [0.25, 0.3) is 0 Å². The Hall–Kier alpha value is -2.14. The number of benzene rings is 1. The Labute approximate surface area is 149 Å². The molecule has 4 rings (SSSR count). The SMILES string of the molecule is Cn1cnc2c1CCN(C(C(=O)N1CCCCC1)c1ccccc1)C2. The number of hydrogen-bond acceptors (Lipinski definition) is 3. The van der Waals surface area contributed by atoms with Gasteiger partial charge in [0.1, 0.15) is 6.04 Å². The smallest absolute Gasteiger partial charge is 0.244 e. The van der Waals surface area contributed by atoms with E-state index in [1.54, 1.807) is 0 Å². The minimum atomic E-state index is -0.200. The predicted octanol–water partition coefficient (Wildman–Crippen LogP) is 2.53. The van der Waals surface area contributed by atoms with Crippen LogP contribution in [0.1, 0.15) is 42.3 Å². The van der Waals surface area contributed by atoms with Gasteiger partial charge in [-0.2, -0.15) is 0 Å². The normalized spacial score (nSPS) is 19.5. The highest BCUT2D eigenvalue weighted by molar-refractivity contribution is 5.83. The maximum absolute atomic E-state index is 13.4. The molecule has 0 bridgehead atoms. The van der Waals surface area contributed by atoms with Crippen LogP contribution in [0.5, 0.6) is 0 Å². The Balaban J connectivity index is 1.63. The third-order valence-corrected chi connectivity index (χ3v) is 5.52. The number of nitrogens with zero attached hydrogens (tertiary/aromatic N) is 4. The van der Waals surface area contributed by atoms with Gasteiger partial charge in [0.2, 0.25) is 5.91 Å².